The molecule has 11 heteroatoms. The van der Waals surface area contributed by atoms with Crippen LogP contribution in [0.2, 0.25) is 0 Å². The molecule has 0 aliphatic carbocycles. The van der Waals surface area contributed by atoms with Crippen LogP contribution in [-0.2, 0) is 0 Å². The maximum absolute atomic E-state index is 11.2. The van der Waals surface area contributed by atoms with E-state index < -0.39 is 4.92 Å². The van der Waals surface area contributed by atoms with Crippen molar-refractivity contribution >= 4 is 23.2 Å². The fraction of sp³-hybridized carbons (Fsp3) is 0.412. The van der Waals surface area contributed by atoms with Crippen molar-refractivity contribution in [3.8, 4) is 5.88 Å². The topological polar surface area (TPSA) is 115 Å². The zero-order valence-electron chi connectivity index (χ0n) is 15.4. The van der Waals surface area contributed by atoms with Gasteiger partial charge in [0.2, 0.25) is 17.5 Å². The molecule has 11 nitrogen and oxygen atoms in total. The molecule has 1 aliphatic heterocycles. The fourth-order valence-corrected chi connectivity index (χ4v) is 3.20. The molecule has 28 heavy (non-hydrogen) atoms. The largest absolute Gasteiger partial charge is 0.478 e. The molecule has 3 aromatic rings. The number of rotatable bonds is 5. The summed E-state index contributed by atoms with van der Waals surface area (Å²) in [6.45, 7) is 5.46. The molecule has 0 radical (unpaired) electrons. The molecule has 3 aromatic heterocycles. The van der Waals surface area contributed by atoms with Gasteiger partial charge >= 0.3 is 5.82 Å². The predicted octanol–water partition coefficient (Wildman–Crippen LogP) is 1.54. The van der Waals surface area contributed by atoms with Crippen molar-refractivity contribution in [3.05, 3.63) is 40.7 Å². The Morgan fingerprint density at radius 2 is 1.96 bits per heavy atom. The monoisotopic (exact) mass is 384 g/mol. The summed E-state index contributed by atoms with van der Waals surface area (Å²) in [6, 6.07) is 5.33. The second kappa shape index (κ2) is 7.62. The molecule has 4 rings (SSSR count). The normalized spacial score (nSPS) is 14.9. The molecule has 0 amide bonds. The summed E-state index contributed by atoms with van der Waals surface area (Å²) in [6.07, 6.45) is 3.80. The number of aromatic nitrogens is 5. The van der Waals surface area contributed by atoms with Gasteiger partial charge in [0.15, 0.2) is 5.82 Å². The van der Waals surface area contributed by atoms with Crippen LogP contribution in [0.15, 0.2) is 30.6 Å². The minimum absolute atomic E-state index is 0.144. The number of nitro groups is 1. The van der Waals surface area contributed by atoms with Gasteiger partial charge < -0.3 is 24.7 Å². The standard InChI is InChI=1S/C17H20N8O3/c1-2-28-15-6-7-18-17(20-15)23-9-3-8-22(10-11-23)14-5-4-13-19-12-16(25(26)27)24(13)21-14/h4-7,12H,2-3,8-11H2,1H3. The van der Waals surface area contributed by atoms with Crippen molar-refractivity contribution in [1.29, 1.82) is 0 Å². The minimum Gasteiger partial charge on any atom is -0.478 e. The van der Waals surface area contributed by atoms with E-state index in [-0.39, 0.29) is 5.82 Å². The van der Waals surface area contributed by atoms with E-state index in [0.717, 1.165) is 19.5 Å². The van der Waals surface area contributed by atoms with Crippen LogP contribution in [0.3, 0.4) is 0 Å². The van der Waals surface area contributed by atoms with Crippen molar-refractivity contribution < 1.29 is 9.66 Å². The summed E-state index contributed by atoms with van der Waals surface area (Å²) >= 11 is 0. The molecule has 0 bridgehead atoms. The Bertz CT molecular complexity index is 991. The van der Waals surface area contributed by atoms with Gasteiger partial charge in [0, 0.05) is 44.5 Å². The Balaban J connectivity index is 1.52. The van der Waals surface area contributed by atoms with Crippen LogP contribution in [0.4, 0.5) is 17.6 Å². The highest BCUT2D eigenvalue weighted by molar-refractivity contribution is 5.49. The van der Waals surface area contributed by atoms with Crippen molar-refractivity contribution in [2.75, 3.05) is 42.6 Å². The average molecular weight is 384 g/mol. The van der Waals surface area contributed by atoms with Gasteiger partial charge in [-0.1, -0.05) is 9.61 Å². The van der Waals surface area contributed by atoms with Crippen molar-refractivity contribution in [1.82, 2.24) is 24.6 Å². The summed E-state index contributed by atoms with van der Waals surface area (Å²) in [5, 5.41) is 15.6. The van der Waals surface area contributed by atoms with Crippen molar-refractivity contribution in [2.45, 2.75) is 13.3 Å². The molecular weight excluding hydrogens is 364 g/mol. The number of hydrogen-bond donors (Lipinski definition) is 0. The van der Waals surface area contributed by atoms with Crippen LogP contribution in [-0.4, -0.2) is 62.3 Å². The minimum atomic E-state index is -0.482. The first-order valence-corrected chi connectivity index (χ1v) is 9.10. The summed E-state index contributed by atoms with van der Waals surface area (Å²) < 4.78 is 6.73. The number of anilines is 2. The SMILES string of the molecule is CCOc1ccnc(N2CCCN(c3ccc4ncc([N+](=O)[O-])n4n3)CC2)n1. The molecule has 0 spiro atoms. The molecule has 0 N–H and O–H groups in total. The summed E-state index contributed by atoms with van der Waals surface area (Å²) in [5.41, 5.74) is 0.452. The number of hydrogen-bond acceptors (Lipinski definition) is 9. The van der Waals surface area contributed by atoms with Crippen LogP contribution in [0.1, 0.15) is 13.3 Å². The van der Waals surface area contributed by atoms with Crippen LogP contribution in [0, 0.1) is 10.1 Å². The van der Waals surface area contributed by atoms with E-state index in [2.05, 4.69) is 29.9 Å². The van der Waals surface area contributed by atoms with Gasteiger partial charge in [0.05, 0.1) is 6.61 Å². The molecule has 0 atom stereocenters. The second-order valence-corrected chi connectivity index (χ2v) is 6.29. The smallest absolute Gasteiger partial charge is 0.368 e. The first kappa shape index (κ1) is 17.9. The van der Waals surface area contributed by atoms with E-state index in [9.17, 15) is 10.1 Å². The van der Waals surface area contributed by atoms with Crippen LogP contribution in [0.5, 0.6) is 5.88 Å². The van der Waals surface area contributed by atoms with E-state index in [1.807, 2.05) is 13.0 Å². The lowest BCUT2D eigenvalue weighted by atomic mass is 10.3. The predicted molar refractivity (Wildman–Crippen MR) is 102 cm³/mol. The molecule has 0 saturated carbocycles. The molecule has 1 aliphatic rings. The Kier molecular flexibility index (Phi) is 4.87. The highest BCUT2D eigenvalue weighted by atomic mass is 16.6. The lowest BCUT2D eigenvalue weighted by molar-refractivity contribution is -0.391. The Morgan fingerprint density at radius 1 is 1.14 bits per heavy atom. The number of nitrogens with zero attached hydrogens (tertiary/aromatic N) is 8. The molecule has 146 valence electrons. The summed E-state index contributed by atoms with van der Waals surface area (Å²) in [5.74, 6) is 1.74. The van der Waals surface area contributed by atoms with Gasteiger partial charge in [-0.2, -0.15) is 4.98 Å². The molecule has 1 saturated heterocycles. The van der Waals surface area contributed by atoms with Gasteiger partial charge in [-0.05, 0) is 24.3 Å². The third-order valence-corrected chi connectivity index (χ3v) is 4.53. The lowest BCUT2D eigenvalue weighted by Gasteiger charge is -2.22. The van der Waals surface area contributed by atoms with E-state index in [1.165, 1.54) is 10.7 Å². The van der Waals surface area contributed by atoms with E-state index in [4.69, 9.17) is 4.74 Å². The van der Waals surface area contributed by atoms with Gasteiger partial charge in [-0.3, -0.25) is 0 Å². The first-order valence-electron chi connectivity index (χ1n) is 9.10. The van der Waals surface area contributed by atoms with Gasteiger partial charge in [0.1, 0.15) is 6.20 Å². The average Bonchev–Trinajstić information content (AvgIpc) is 2.97. The number of fused-ring (bicyclic) bond motifs is 1. The molecule has 0 aromatic carbocycles. The maximum Gasteiger partial charge on any atom is 0.368 e. The first-order chi connectivity index (χ1) is 13.7. The summed E-state index contributed by atoms with van der Waals surface area (Å²) in [7, 11) is 0. The van der Waals surface area contributed by atoms with Crippen LogP contribution < -0.4 is 14.5 Å². The van der Waals surface area contributed by atoms with E-state index in [1.54, 1.807) is 18.3 Å². The highest BCUT2D eigenvalue weighted by Crippen LogP contribution is 2.20. The van der Waals surface area contributed by atoms with E-state index >= 15 is 0 Å². The second-order valence-electron chi connectivity index (χ2n) is 6.29. The highest BCUT2D eigenvalue weighted by Gasteiger charge is 2.21. The van der Waals surface area contributed by atoms with Crippen molar-refractivity contribution in [3.63, 3.8) is 0 Å². The third-order valence-electron chi connectivity index (χ3n) is 4.53. The van der Waals surface area contributed by atoms with Gasteiger partial charge in [0.25, 0.3) is 0 Å². The maximum atomic E-state index is 11.2. The van der Waals surface area contributed by atoms with Crippen molar-refractivity contribution in [2.24, 2.45) is 0 Å². The Labute approximate surface area is 160 Å². The van der Waals surface area contributed by atoms with Crippen LogP contribution >= 0.6 is 0 Å². The van der Waals surface area contributed by atoms with Crippen LogP contribution in [0.25, 0.3) is 5.65 Å². The molecular formula is C17H20N8O3. The molecule has 1 fully saturated rings. The quantitative estimate of drug-likeness (QED) is 0.477. The lowest BCUT2D eigenvalue weighted by Crippen LogP contribution is -2.32. The van der Waals surface area contributed by atoms with E-state index in [0.29, 0.717) is 43.0 Å². The number of imidazole rings is 1. The number of ether oxygens (including phenoxy) is 1. The van der Waals surface area contributed by atoms with Gasteiger partial charge in [-0.15, -0.1) is 0 Å². The zero-order chi connectivity index (χ0) is 19.5. The fourth-order valence-electron chi connectivity index (χ4n) is 3.20. The molecule has 0 unspecified atom stereocenters. The molecule has 4 heterocycles. The Morgan fingerprint density at radius 3 is 2.79 bits per heavy atom. The zero-order valence-corrected chi connectivity index (χ0v) is 15.4. The third kappa shape index (κ3) is 3.50. The Hall–Kier alpha value is -3.50. The summed E-state index contributed by atoms with van der Waals surface area (Å²) in [4.78, 5) is 27.7. The van der Waals surface area contributed by atoms with Gasteiger partial charge in [-0.25, -0.2) is 9.97 Å².